The molecule has 0 aromatic rings. The Bertz CT molecular complexity index is 110. The van der Waals surface area contributed by atoms with Gasteiger partial charge in [-0.1, -0.05) is 13.8 Å². The van der Waals surface area contributed by atoms with E-state index in [0.717, 1.165) is 13.0 Å². The number of rotatable bonds is 10. The third-order valence-electron chi connectivity index (χ3n) is 1.89. The van der Waals surface area contributed by atoms with E-state index in [2.05, 4.69) is 13.8 Å². The highest BCUT2D eigenvalue weighted by molar-refractivity contribution is 4.42. The second kappa shape index (κ2) is 10.4. The Balaban J connectivity index is 2.93. The quantitative estimate of drug-likeness (QED) is 0.527. The van der Waals surface area contributed by atoms with Gasteiger partial charge in [-0.05, 0) is 26.2 Å². The summed E-state index contributed by atoms with van der Waals surface area (Å²) in [5, 5.41) is 0. The molecule has 3 nitrogen and oxygen atoms in total. The SMILES string of the molecule is CC(C)CCOCCOCCOC(C)C. The highest BCUT2D eigenvalue weighted by Crippen LogP contribution is 1.98. The minimum atomic E-state index is 0.288. The maximum Gasteiger partial charge on any atom is 0.0703 e. The summed E-state index contributed by atoms with van der Waals surface area (Å²) in [6, 6.07) is 0. The minimum Gasteiger partial charge on any atom is -0.379 e. The molecule has 92 valence electrons. The molecule has 0 heterocycles. The zero-order valence-electron chi connectivity index (χ0n) is 10.6. The molecule has 0 saturated carbocycles. The monoisotopic (exact) mass is 218 g/mol. The van der Waals surface area contributed by atoms with E-state index in [1.165, 1.54) is 0 Å². The Labute approximate surface area is 94.1 Å². The second-order valence-electron chi connectivity index (χ2n) is 4.33. The summed E-state index contributed by atoms with van der Waals surface area (Å²) in [4.78, 5) is 0. The molecular formula is C12H26O3. The van der Waals surface area contributed by atoms with Crippen LogP contribution in [0, 0.1) is 5.92 Å². The van der Waals surface area contributed by atoms with Gasteiger partial charge in [-0.2, -0.15) is 0 Å². The Kier molecular flexibility index (Phi) is 10.3. The van der Waals surface area contributed by atoms with Crippen molar-refractivity contribution < 1.29 is 14.2 Å². The van der Waals surface area contributed by atoms with Crippen LogP contribution in [-0.4, -0.2) is 39.1 Å². The van der Waals surface area contributed by atoms with Crippen molar-refractivity contribution in [2.75, 3.05) is 33.0 Å². The highest BCUT2D eigenvalue weighted by Gasteiger charge is 1.95. The molecule has 0 amide bonds. The van der Waals surface area contributed by atoms with Crippen molar-refractivity contribution >= 4 is 0 Å². The van der Waals surface area contributed by atoms with Crippen molar-refractivity contribution in [3.8, 4) is 0 Å². The molecule has 0 fully saturated rings. The summed E-state index contributed by atoms with van der Waals surface area (Å²) < 4.78 is 16.1. The first kappa shape index (κ1) is 14.9. The van der Waals surface area contributed by atoms with Gasteiger partial charge in [-0.25, -0.2) is 0 Å². The fraction of sp³-hybridized carbons (Fsp3) is 1.00. The topological polar surface area (TPSA) is 27.7 Å². The van der Waals surface area contributed by atoms with E-state index in [1.54, 1.807) is 0 Å². The molecule has 0 atom stereocenters. The molecule has 0 radical (unpaired) electrons. The van der Waals surface area contributed by atoms with Crippen molar-refractivity contribution in [3.05, 3.63) is 0 Å². The van der Waals surface area contributed by atoms with E-state index in [4.69, 9.17) is 14.2 Å². The van der Waals surface area contributed by atoms with Crippen LogP contribution >= 0.6 is 0 Å². The van der Waals surface area contributed by atoms with Crippen molar-refractivity contribution in [1.82, 2.24) is 0 Å². The summed E-state index contributed by atoms with van der Waals surface area (Å²) in [7, 11) is 0. The van der Waals surface area contributed by atoms with Crippen LogP contribution < -0.4 is 0 Å². The van der Waals surface area contributed by atoms with Crippen molar-refractivity contribution in [2.24, 2.45) is 5.92 Å². The van der Waals surface area contributed by atoms with Gasteiger partial charge in [0.1, 0.15) is 0 Å². The molecule has 0 bridgehead atoms. The number of ether oxygens (including phenoxy) is 3. The second-order valence-corrected chi connectivity index (χ2v) is 4.33. The van der Waals surface area contributed by atoms with Crippen LogP contribution in [0.1, 0.15) is 34.1 Å². The van der Waals surface area contributed by atoms with E-state index in [1.807, 2.05) is 13.8 Å². The van der Waals surface area contributed by atoms with Gasteiger partial charge in [0.05, 0.1) is 32.5 Å². The molecule has 0 aliphatic rings. The van der Waals surface area contributed by atoms with Crippen molar-refractivity contribution in [2.45, 2.75) is 40.2 Å². The Hall–Kier alpha value is -0.120. The van der Waals surface area contributed by atoms with Gasteiger partial charge in [0.15, 0.2) is 0 Å². The lowest BCUT2D eigenvalue weighted by Crippen LogP contribution is -2.12. The van der Waals surface area contributed by atoms with Gasteiger partial charge in [-0.15, -0.1) is 0 Å². The molecule has 0 aliphatic carbocycles. The zero-order chi connectivity index (χ0) is 11.5. The van der Waals surface area contributed by atoms with Crippen LogP contribution in [0.5, 0.6) is 0 Å². The van der Waals surface area contributed by atoms with Crippen molar-refractivity contribution in [1.29, 1.82) is 0 Å². The Morgan fingerprint density at radius 3 is 1.80 bits per heavy atom. The predicted octanol–water partition coefficient (Wildman–Crippen LogP) is 2.49. The molecule has 0 rings (SSSR count). The summed E-state index contributed by atoms with van der Waals surface area (Å²) in [6.45, 7) is 12.0. The summed E-state index contributed by atoms with van der Waals surface area (Å²) >= 11 is 0. The Morgan fingerprint density at radius 1 is 0.733 bits per heavy atom. The lowest BCUT2D eigenvalue weighted by atomic mass is 10.1. The highest BCUT2D eigenvalue weighted by atomic mass is 16.5. The normalized spacial score (nSPS) is 11.6. The van der Waals surface area contributed by atoms with E-state index >= 15 is 0 Å². The third kappa shape index (κ3) is 13.9. The molecule has 0 saturated heterocycles. The molecule has 0 unspecified atom stereocenters. The first-order chi connectivity index (χ1) is 7.13. The van der Waals surface area contributed by atoms with E-state index in [-0.39, 0.29) is 6.10 Å². The maximum atomic E-state index is 5.41. The molecule has 15 heavy (non-hydrogen) atoms. The largest absolute Gasteiger partial charge is 0.379 e. The predicted molar refractivity (Wildman–Crippen MR) is 62.2 cm³/mol. The molecule has 0 N–H and O–H groups in total. The van der Waals surface area contributed by atoms with Crippen molar-refractivity contribution in [3.63, 3.8) is 0 Å². The molecular weight excluding hydrogens is 192 g/mol. The molecule has 3 heteroatoms. The number of hydrogen-bond acceptors (Lipinski definition) is 3. The third-order valence-corrected chi connectivity index (χ3v) is 1.89. The van der Waals surface area contributed by atoms with Gasteiger partial charge in [0.2, 0.25) is 0 Å². The first-order valence-corrected chi connectivity index (χ1v) is 5.90. The van der Waals surface area contributed by atoms with Crippen LogP contribution in [0.2, 0.25) is 0 Å². The van der Waals surface area contributed by atoms with E-state index in [0.29, 0.717) is 32.3 Å². The molecule has 0 aromatic heterocycles. The molecule has 0 aromatic carbocycles. The van der Waals surface area contributed by atoms with Gasteiger partial charge >= 0.3 is 0 Å². The first-order valence-electron chi connectivity index (χ1n) is 5.90. The summed E-state index contributed by atoms with van der Waals surface area (Å²) in [5.41, 5.74) is 0. The van der Waals surface area contributed by atoms with E-state index < -0.39 is 0 Å². The molecule has 0 aliphatic heterocycles. The lowest BCUT2D eigenvalue weighted by molar-refractivity contribution is -0.00251. The van der Waals surface area contributed by atoms with Gasteiger partial charge in [0, 0.05) is 6.61 Å². The Morgan fingerprint density at radius 2 is 1.27 bits per heavy atom. The summed E-state index contributed by atoms with van der Waals surface area (Å²) in [6.07, 6.45) is 1.41. The minimum absolute atomic E-state index is 0.288. The summed E-state index contributed by atoms with van der Waals surface area (Å²) in [5.74, 6) is 0.713. The number of hydrogen-bond donors (Lipinski definition) is 0. The van der Waals surface area contributed by atoms with Crippen LogP contribution in [0.3, 0.4) is 0 Å². The van der Waals surface area contributed by atoms with Gasteiger partial charge < -0.3 is 14.2 Å². The average molecular weight is 218 g/mol. The van der Waals surface area contributed by atoms with Crippen LogP contribution in [0.25, 0.3) is 0 Å². The standard InChI is InChI=1S/C12H26O3/c1-11(2)5-6-13-7-8-14-9-10-15-12(3)4/h11-12H,5-10H2,1-4H3. The maximum absolute atomic E-state index is 5.41. The zero-order valence-corrected chi connectivity index (χ0v) is 10.6. The van der Waals surface area contributed by atoms with Crippen LogP contribution in [0.15, 0.2) is 0 Å². The fourth-order valence-electron chi connectivity index (χ4n) is 0.984. The molecule has 0 spiro atoms. The lowest BCUT2D eigenvalue weighted by Gasteiger charge is -2.09. The smallest absolute Gasteiger partial charge is 0.0703 e. The van der Waals surface area contributed by atoms with Crippen LogP contribution in [-0.2, 0) is 14.2 Å². The van der Waals surface area contributed by atoms with Gasteiger partial charge in [0.25, 0.3) is 0 Å². The van der Waals surface area contributed by atoms with Gasteiger partial charge in [-0.3, -0.25) is 0 Å². The van der Waals surface area contributed by atoms with Crippen LogP contribution in [0.4, 0.5) is 0 Å². The van der Waals surface area contributed by atoms with E-state index in [9.17, 15) is 0 Å². The fourth-order valence-corrected chi connectivity index (χ4v) is 0.984. The average Bonchev–Trinajstić information content (AvgIpc) is 2.14.